The van der Waals surface area contributed by atoms with E-state index in [2.05, 4.69) is 33.3 Å². The van der Waals surface area contributed by atoms with Gasteiger partial charge in [-0.3, -0.25) is 9.36 Å². The third-order valence-electron chi connectivity index (χ3n) is 4.64. The summed E-state index contributed by atoms with van der Waals surface area (Å²) in [5, 5.41) is 10.0. The van der Waals surface area contributed by atoms with Crippen molar-refractivity contribution in [3.63, 3.8) is 0 Å². The normalized spacial score (nSPS) is 15.6. The molecule has 0 aliphatic carbocycles. The quantitative estimate of drug-likeness (QED) is 0.729. The van der Waals surface area contributed by atoms with Crippen molar-refractivity contribution in [3.8, 4) is 11.3 Å². The van der Waals surface area contributed by atoms with Gasteiger partial charge >= 0.3 is 0 Å². The van der Waals surface area contributed by atoms with E-state index in [1.54, 1.807) is 0 Å². The van der Waals surface area contributed by atoms with Gasteiger partial charge in [-0.25, -0.2) is 0 Å². The lowest BCUT2D eigenvalue weighted by Gasteiger charge is -2.28. The average Bonchev–Trinajstić information content (AvgIpc) is 3.11. The van der Waals surface area contributed by atoms with E-state index in [1.165, 1.54) is 41.6 Å². The highest BCUT2D eigenvalue weighted by Gasteiger charge is 2.19. The summed E-state index contributed by atoms with van der Waals surface area (Å²) in [6, 6.07) is 6.53. The van der Waals surface area contributed by atoms with E-state index in [-0.39, 0.29) is 0 Å². The van der Waals surface area contributed by atoms with Crippen molar-refractivity contribution >= 4 is 16.6 Å². The highest BCUT2D eigenvalue weighted by Crippen LogP contribution is 2.33. The number of rotatable bonds is 2. The zero-order valence-corrected chi connectivity index (χ0v) is 13.2. The fourth-order valence-electron chi connectivity index (χ4n) is 3.44. The second-order valence-electron chi connectivity index (χ2n) is 6.09. The molecule has 1 aliphatic heterocycles. The van der Waals surface area contributed by atoms with Gasteiger partial charge in [-0.15, -0.1) is 0 Å². The number of nitrogens with zero attached hydrogens (tertiary/aromatic N) is 5. The van der Waals surface area contributed by atoms with Gasteiger partial charge in [0, 0.05) is 38.1 Å². The lowest BCUT2D eigenvalue weighted by molar-refractivity contribution is 0.578. The number of hydrogen-bond acceptors (Lipinski definition) is 3. The van der Waals surface area contributed by atoms with Crippen LogP contribution in [0.25, 0.3) is 22.2 Å². The van der Waals surface area contributed by atoms with Gasteiger partial charge < -0.3 is 4.90 Å². The molecule has 0 radical (unpaired) electrons. The molecule has 0 N–H and O–H groups in total. The van der Waals surface area contributed by atoms with Crippen molar-refractivity contribution < 1.29 is 0 Å². The Labute approximate surface area is 130 Å². The lowest BCUT2D eigenvalue weighted by Crippen LogP contribution is -2.29. The summed E-state index contributed by atoms with van der Waals surface area (Å²) < 4.78 is 3.90. The molecule has 0 atom stereocenters. The molecule has 0 unspecified atom stereocenters. The van der Waals surface area contributed by atoms with E-state index in [0.29, 0.717) is 0 Å². The van der Waals surface area contributed by atoms with E-state index in [1.807, 2.05) is 35.9 Å². The molecule has 0 spiro atoms. The number of benzene rings is 1. The van der Waals surface area contributed by atoms with Crippen molar-refractivity contribution in [1.29, 1.82) is 0 Å². The smallest absolute Gasteiger partial charge is 0.0913 e. The van der Waals surface area contributed by atoms with Crippen LogP contribution in [0.1, 0.15) is 19.3 Å². The van der Waals surface area contributed by atoms with E-state index < -0.39 is 0 Å². The van der Waals surface area contributed by atoms with E-state index >= 15 is 0 Å². The highest BCUT2D eigenvalue weighted by atomic mass is 15.3. The van der Waals surface area contributed by atoms with E-state index in [0.717, 1.165) is 18.6 Å². The van der Waals surface area contributed by atoms with Crippen LogP contribution in [0.2, 0.25) is 0 Å². The van der Waals surface area contributed by atoms with Crippen LogP contribution >= 0.6 is 0 Å². The Morgan fingerprint density at radius 1 is 0.909 bits per heavy atom. The first-order valence-corrected chi connectivity index (χ1v) is 7.93. The van der Waals surface area contributed by atoms with Gasteiger partial charge in [-0.05, 0) is 31.4 Å². The second kappa shape index (κ2) is 5.16. The maximum Gasteiger partial charge on any atom is 0.0913 e. The second-order valence-corrected chi connectivity index (χ2v) is 6.09. The van der Waals surface area contributed by atoms with Gasteiger partial charge in [0.25, 0.3) is 0 Å². The van der Waals surface area contributed by atoms with E-state index in [9.17, 15) is 0 Å². The van der Waals surface area contributed by atoms with Crippen LogP contribution in [-0.4, -0.2) is 32.7 Å². The Kier molecular flexibility index (Phi) is 3.13. The molecule has 5 heteroatoms. The van der Waals surface area contributed by atoms with Gasteiger partial charge in [0.15, 0.2) is 0 Å². The first kappa shape index (κ1) is 13.4. The Hall–Kier alpha value is -2.30. The summed E-state index contributed by atoms with van der Waals surface area (Å²) >= 11 is 0. The summed E-state index contributed by atoms with van der Waals surface area (Å²) in [5.41, 5.74) is 4.82. The highest BCUT2D eigenvalue weighted by molar-refractivity contribution is 5.86. The van der Waals surface area contributed by atoms with Crippen LogP contribution in [-0.2, 0) is 14.1 Å². The molecule has 1 fully saturated rings. The summed E-state index contributed by atoms with van der Waals surface area (Å²) in [6.45, 7) is 2.27. The minimum atomic E-state index is 1.13. The topological polar surface area (TPSA) is 38.9 Å². The van der Waals surface area contributed by atoms with Crippen molar-refractivity contribution in [2.75, 3.05) is 18.0 Å². The molecule has 1 saturated heterocycles. The molecule has 0 bridgehead atoms. The SMILES string of the molecule is Cn1ncc(N2CCCCC2)c1-c1ccc2c(cnn2C)c1. The monoisotopic (exact) mass is 295 g/mol. The standard InChI is InChI=1S/C17H21N5/c1-20-15-7-6-13(10-14(15)11-18-20)17-16(12-19-21(17)2)22-8-4-3-5-9-22/h6-7,10-12H,3-5,8-9H2,1-2H3. The van der Waals surface area contributed by atoms with Crippen molar-refractivity contribution in [2.45, 2.75) is 19.3 Å². The molecule has 4 rings (SSSR count). The third kappa shape index (κ3) is 2.08. The van der Waals surface area contributed by atoms with Crippen LogP contribution in [0.15, 0.2) is 30.6 Å². The van der Waals surface area contributed by atoms with Gasteiger partial charge in [0.1, 0.15) is 0 Å². The number of fused-ring (bicyclic) bond motifs is 1. The molecule has 3 aromatic rings. The molecule has 114 valence electrons. The van der Waals surface area contributed by atoms with Crippen LogP contribution in [0.5, 0.6) is 0 Å². The molecule has 0 saturated carbocycles. The number of aryl methyl sites for hydroxylation is 2. The lowest BCUT2D eigenvalue weighted by atomic mass is 10.1. The Morgan fingerprint density at radius 3 is 2.50 bits per heavy atom. The molecule has 5 nitrogen and oxygen atoms in total. The zero-order chi connectivity index (χ0) is 15.1. The summed E-state index contributed by atoms with van der Waals surface area (Å²) in [4.78, 5) is 2.47. The predicted molar refractivity (Wildman–Crippen MR) is 89.0 cm³/mol. The van der Waals surface area contributed by atoms with Crippen molar-refractivity contribution in [2.24, 2.45) is 14.1 Å². The predicted octanol–water partition coefficient (Wildman–Crippen LogP) is 2.96. The third-order valence-corrected chi connectivity index (χ3v) is 4.64. The first-order chi connectivity index (χ1) is 10.7. The van der Waals surface area contributed by atoms with Gasteiger partial charge in [-0.1, -0.05) is 6.07 Å². The van der Waals surface area contributed by atoms with Crippen molar-refractivity contribution in [1.82, 2.24) is 19.6 Å². The number of hydrogen-bond donors (Lipinski definition) is 0. The molecule has 1 aromatic carbocycles. The fourth-order valence-corrected chi connectivity index (χ4v) is 3.44. The number of anilines is 1. The summed E-state index contributed by atoms with van der Waals surface area (Å²) in [7, 11) is 4.00. The average molecular weight is 295 g/mol. The molecule has 3 heterocycles. The van der Waals surface area contributed by atoms with Gasteiger partial charge in [0.05, 0.1) is 29.3 Å². The Balaban J connectivity index is 1.81. The molecular formula is C17H21N5. The fraction of sp³-hybridized carbons (Fsp3) is 0.412. The zero-order valence-electron chi connectivity index (χ0n) is 13.2. The summed E-state index contributed by atoms with van der Waals surface area (Å²) in [6.07, 6.45) is 7.82. The maximum atomic E-state index is 4.51. The van der Waals surface area contributed by atoms with Crippen LogP contribution in [0.3, 0.4) is 0 Å². The van der Waals surface area contributed by atoms with Crippen LogP contribution in [0, 0.1) is 0 Å². The maximum absolute atomic E-state index is 4.51. The number of piperidine rings is 1. The van der Waals surface area contributed by atoms with E-state index in [4.69, 9.17) is 0 Å². The number of aromatic nitrogens is 4. The Bertz CT molecular complexity index is 808. The molecular weight excluding hydrogens is 274 g/mol. The minimum Gasteiger partial charge on any atom is -0.368 e. The molecule has 22 heavy (non-hydrogen) atoms. The van der Waals surface area contributed by atoms with Gasteiger partial charge in [0.2, 0.25) is 0 Å². The minimum absolute atomic E-state index is 1.13. The van der Waals surface area contributed by atoms with Crippen molar-refractivity contribution in [3.05, 3.63) is 30.6 Å². The van der Waals surface area contributed by atoms with Gasteiger partial charge in [-0.2, -0.15) is 10.2 Å². The van der Waals surface area contributed by atoms with Crippen LogP contribution in [0.4, 0.5) is 5.69 Å². The molecule has 2 aromatic heterocycles. The largest absolute Gasteiger partial charge is 0.368 e. The Morgan fingerprint density at radius 2 is 1.68 bits per heavy atom. The molecule has 0 amide bonds. The molecule has 1 aliphatic rings. The van der Waals surface area contributed by atoms with Crippen LogP contribution < -0.4 is 4.90 Å². The summed E-state index contributed by atoms with van der Waals surface area (Å²) in [5.74, 6) is 0. The first-order valence-electron chi connectivity index (χ1n) is 7.93.